The summed E-state index contributed by atoms with van der Waals surface area (Å²) >= 11 is 0. The Kier molecular flexibility index (Phi) is 5.62. The highest BCUT2D eigenvalue weighted by Gasteiger charge is 2.38. The molecule has 2 aromatic rings. The molecule has 1 aromatic carbocycles. The van der Waals surface area contributed by atoms with Crippen molar-refractivity contribution in [1.82, 2.24) is 15.0 Å². The Morgan fingerprint density at radius 2 is 2.08 bits per heavy atom. The van der Waals surface area contributed by atoms with Crippen LogP contribution in [0.1, 0.15) is 11.5 Å². The van der Waals surface area contributed by atoms with E-state index in [0.29, 0.717) is 24.3 Å². The smallest absolute Gasteiger partial charge is 0.410 e. The van der Waals surface area contributed by atoms with Gasteiger partial charge in [-0.1, -0.05) is 5.16 Å². The van der Waals surface area contributed by atoms with E-state index in [2.05, 4.69) is 14.7 Å². The van der Waals surface area contributed by atoms with E-state index >= 15 is 0 Å². The molecule has 0 spiro atoms. The maximum Gasteiger partial charge on any atom is 0.471 e. The average Bonchev–Trinajstić information content (AvgIpc) is 3.04. The van der Waals surface area contributed by atoms with Crippen molar-refractivity contribution >= 4 is 6.09 Å². The van der Waals surface area contributed by atoms with Crippen LogP contribution in [0.2, 0.25) is 0 Å². The fourth-order valence-electron chi connectivity index (χ4n) is 1.85. The standard InChI is InChI=1S/C15H16F3N3O4/c1-9-8-10(12-19-13(25-20-12)15(16,17)18)4-5-11(9)24-14(22)21(2)6-7-23-3/h4-5,8H,6-7H2,1-3H3. The third-order valence-corrected chi connectivity index (χ3v) is 3.24. The third kappa shape index (κ3) is 4.69. The molecule has 1 heterocycles. The van der Waals surface area contributed by atoms with Crippen molar-refractivity contribution in [2.24, 2.45) is 0 Å². The summed E-state index contributed by atoms with van der Waals surface area (Å²) in [5.41, 5.74) is 0.841. The van der Waals surface area contributed by atoms with Gasteiger partial charge in [0.15, 0.2) is 0 Å². The molecular formula is C15H16F3N3O4. The number of halogens is 3. The Bertz CT molecular complexity index is 746. The molecule has 1 amide bonds. The maximum atomic E-state index is 12.5. The Balaban J connectivity index is 2.13. The molecule has 0 fully saturated rings. The van der Waals surface area contributed by atoms with Crippen molar-refractivity contribution in [1.29, 1.82) is 0 Å². The summed E-state index contributed by atoms with van der Waals surface area (Å²) in [7, 11) is 3.08. The van der Waals surface area contributed by atoms with E-state index in [0.717, 1.165) is 0 Å². The van der Waals surface area contributed by atoms with Crippen LogP contribution in [-0.2, 0) is 10.9 Å². The molecular weight excluding hydrogens is 343 g/mol. The molecule has 10 heteroatoms. The van der Waals surface area contributed by atoms with Gasteiger partial charge >= 0.3 is 18.2 Å². The highest BCUT2D eigenvalue weighted by Crippen LogP contribution is 2.30. The predicted octanol–water partition coefficient (Wildman–Crippen LogP) is 3.14. The lowest BCUT2D eigenvalue weighted by molar-refractivity contribution is -0.159. The van der Waals surface area contributed by atoms with Crippen LogP contribution >= 0.6 is 0 Å². The quantitative estimate of drug-likeness (QED) is 0.816. The number of rotatable bonds is 5. The van der Waals surface area contributed by atoms with E-state index < -0.39 is 18.2 Å². The number of carbonyl (C=O) groups excluding carboxylic acids is 1. The van der Waals surface area contributed by atoms with E-state index in [1.165, 1.54) is 30.2 Å². The SMILES string of the molecule is COCCN(C)C(=O)Oc1ccc(-c2noc(C(F)(F)F)n2)cc1C. The van der Waals surface area contributed by atoms with Crippen molar-refractivity contribution in [3.05, 3.63) is 29.7 Å². The molecule has 0 aliphatic rings. The second kappa shape index (κ2) is 7.51. The van der Waals surface area contributed by atoms with Gasteiger partial charge in [0.25, 0.3) is 0 Å². The maximum absolute atomic E-state index is 12.5. The number of carbonyl (C=O) groups is 1. The van der Waals surface area contributed by atoms with Gasteiger partial charge in [0.2, 0.25) is 5.82 Å². The molecule has 0 atom stereocenters. The Morgan fingerprint density at radius 1 is 1.36 bits per heavy atom. The molecule has 2 rings (SSSR count). The fourth-order valence-corrected chi connectivity index (χ4v) is 1.85. The molecule has 0 saturated carbocycles. The second-order valence-corrected chi connectivity index (χ2v) is 5.18. The molecule has 0 aliphatic carbocycles. The molecule has 1 aromatic heterocycles. The number of amides is 1. The minimum absolute atomic E-state index is 0.203. The van der Waals surface area contributed by atoms with Crippen molar-refractivity contribution in [3.63, 3.8) is 0 Å². The number of benzene rings is 1. The molecule has 25 heavy (non-hydrogen) atoms. The third-order valence-electron chi connectivity index (χ3n) is 3.24. The normalized spacial score (nSPS) is 11.4. The minimum Gasteiger partial charge on any atom is -0.410 e. The second-order valence-electron chi connectivity index (χ2n) is 5.18. The molecule has 0 N–H and O–H groups in total. The summed E-state index contributed by atoms with van der Waals surface area (Å²) in [4.78, 5) is 16.6. The zero-order valence-electron chi connectivity index (χ0n) is 13.8. The van der Waals surface area contributed by atoms with Gasteiger partial charge in [-0.2, -0.15) is 18.2 Å². The summed E-state index contributed by atoms with van der Waals surface area (Å²) in [5, 5.41) is 3.31. The number of hydrogen-bond acceptors (Lipinski definition) is 6. The topological polar surface area (TPSA) is 77.7 Å². The van der Waals surface area contributed by atoms with Gasteiger partial charge in [-0.15, -0.1) is 0 Å². The highest BCUT2D eigenvalue weighted by molar-refractivity contribution is 5.71. The zero-order chi connectivity index (χ0) is 18.6. The van der Waals surface area contributed by atoms with Crippen LogP contribution in [0.15, 0.2) is 22.7 Å². The van der Waals surface area contributed by atoms with E-state index in [-0.39, 0.29) is 11.6 Å². The predicted molar refractivity (Wildman–Crippen MR) is 80.0 cm³/mol. The number of likely N-dealkylation sites (N-methyl/N-ethyl adjacent to an activating group) is 1. The number of alkyl halides is 3. The van der Waals surface area contributed by atoms with Crippen LogP contribution in [0.5, 0.6) is 5.75 Å². The molecule has 0 bridgehead atoms. The molecule has 0 unspecified atom stereocenters. The van der Waals surface area contributed by atoms with Gasteiger partial charge in [-0.05, 0) is 30.7 Å². The van der Waals surface area contributed by atoms with Crippen LogP contribution in [-0.4, -0.2) is 48.4 Å². The first-order valence-electron chi connectivity index (χ1n) is 7.16. The monoisotopic (exact) mass is 359 g/mol. The average molecular weight is 359 g/mol. The van der Waals surface area contributed by atoms with Crippen molar-refractivity contribution in [3.8, 4) is 17.1 Å². The van der Waals surface area contributed by atoms with Crippen LogP contribution in [0.4, 0.5) is 18.0 Å². The van der Waals surface area contributed by atoms with Gasteiger partial charge in [0, 0.05) is 26.3 Å². The van der Waals surface area contributed by atoms with Gasteiger partial charge in [-0.25, -0.2) is 4.79 Å². The van der Waals surface area contributed by atoms with Crippen molar-refractivity contribution in [2.75, 3.05) is 27.3 Å². The van der Waals surface area contributed by atoms with Crippen LogP contribution < -0.4 is 4.74 Å². The van der Waals surface area contributed by atoms with Gasteiger partial charge in [0.05, 0.1) is 6.61 Å². The Morgan fingerprint density at radius 3 is 2.64 bits per heavy atom. The molecule has 0 aliphatic heterocycles. The van der Waals surface area contributed by atoms with Gasteiger partial charge < -0.3 is 18.9 Å². The first kappa shape index (κ1) is 18.7. The van der Waals surface area contributed by atoms with Crippen molar-refractivity contribution in [2.45, 2.75) is 13.1 Å². The van der Waals surface area contributed by atoms with E-state index in [1.807, 2.05) is 0 Å². The van der Waals surface area contributed by atoms with Crippen LogP contribution in [0.3, 0.4) is 0 Å². The minimum atomic E-state index is -4.71. The lowest BCUT2D eigenvalue weighted by Gasteiger charge is -2.17. The lowest BCUT2D eigenvalue weighted by atomic mass is 10.1. The van der Waals surface area contributed by atoms with Crippen molar-refractivity contribution < 1.29 is 32.0 Å². The summed E-state index contributed by atoms with van der Waals surface area (Å²) < 4.78 is 51.8. The van der Waals surface area contributed by atoms with E-state index in [4.69, 9.17) is 9.47 Å². The zero-order valence-corrected chi connectivity index (χ0v) is 13.8. The number of hydrogen-bond donors (Lipinski definition) is 0. The van der Waals surface area contributed by atoms with Gasteiger partial charge in [-0.3, -0.25) is 0 Å². The number of aryl methyl sites for hydroxylation is 1. The highest BCUT2D eigenvalue weighted by atomic mass is 19.4. The molecule has 136 valence electrons. The largest absolute Gasteiger partial charge is 0.471 e. The first-order valence-corrected chi connectivity index (χ1v) is 7.16. The molecule has 0 saturated heterocycles. The van der Waals surface area contributed by atoms with E-state index in [1.54, 1.807) is 14.0 Å². The van der Waals surface area contributed by atoms with Crippen LogP contribution in [0, 0.1) is 6.92 Å². The Labute approximate surface area is 141 Å². The summed E-state index contributed by atoms with van der Waals surface area (Å²) in [6.45, 7) is 2.37. The molecule has 0 radical (unpaired) electrons. The number of aromatic nitrogens is 2. The lowest BCUT2D eigenvalue weighted by Crippen LogP contribution is -2.32. The summed E-state index contributed by atoms with van der Waals surface area (Å²) in [6, 6.07) is 4.40. The number of ether oxygens (including phenoxy) is 2. The fraction of sp³-hybridized carbons (Fsp3) is 0.400. The number of nitrogens with zero attached hydrogens (tertiary/aromatic N) is 3. The Hall–Kier alpha value is -2.62. The van der Waals surface area contributed by atoms with E-state index in [9.17, 15) is 18.0 Å². The molecule has 7 nitrogen and oxygen atoms in total. The van der Waals surface area contributed by atoms with Gasteiger partial charge in [0.1, 0.15) is 5.75 Å². The summed E-state index contributed by atoms with van der Waals surface area (Å²) in [5.74, 6) is -1.35. The summed E-state index contributed by atoms with van der Waals surface area (Å²) in [6.07, 6.45) is -5.28. The van der Waals surface area contributed by atoms with Crippen LogP contribution in [0.25, 0.3) is 11.4 Å². The number of methoxy groups -OCH3 is 1. The first-order chi connectivity index (χ1) is 11.7.